The van der Waals surface area contributed by atoms with Gasteiger partial charge in [0.1, 0.15) is 11.9 Å². The van der Waals surface area contributed by atoms with Crippen LogP contribution in [0.25, 0.3) is 0 Å². The summed E-state index contributed by atoms with van der Waals surface area (Å²) < 4.78 is 2.36. The van der Waals surface area contributed by atoms with E-state index in [1.165, 1.54) is 11.3 Å². The van der Waals surface area contributed by atoms with Gasteiger partial charge in [-0.15, -0.1) is 17.9 Å². The number of rotatable bonds is 7. The SMILES string of the molecule is C=CCn1c(Cc2csc(NC(=O)[C@@H](C)NC(=O)C(C)(C)C)n2)n[nH]c1=S. The molecule has 0 bridgehead atoms. The normalized spacial score (nSPS) is 12.4. The summed E-state index contributed by atoms with van der Waals surface area (Å²) in [7, 11) is 0. The zero-order valence-electron chi connectivity index (χ0n) is 15.8. The second-order valence-electron chi connectivity index (χ2n) is 7.10. The molecule has 0 saturated heterocycles. The highest BCUT2D eigenvalue weighted by atomic mass is 32.1. The molecular formula is C17H24N6O2S2. The number of thiazole rings is 1. The van der Waals surface area contributed by atoms with Crippen LogP contribution in [0.5, 0.6) is 0 Å². The van der Waals surface area contributed by atoms with Gasteiger partial charge in [-0.25, -0.2) is 4.98 Å². The number of aromatic nitrogens is 4. The summed E-state index contributed by atoms with van der Waals surface area (Å²) in [5.41, 5.74) is 0.206. The molecule has 0 aromatic carbocycles. The minimum Gasteiger partial charge on any atom is -0.344 e. The number of carbonyl (C=O) groups is 2. The highest BCUT2D eigenvalue weighted by molar-refractivity contribution is 7.71. The molecule has 0 saturated carbocycles. The summed E-state index contributed by atoms with van der Waals surface area (Å²) in [6.45, 7) is 11.3. The van der Waals surface area contributed by atoms with Gasteiger partial charge in [0.25, 0.3) is 0 Å². The van der Waals surface area contributed by atoms with Gasteiger partial charge in [0.15, 0.2) is 9.90 Å². The Balaban J connectivity index is 2.00. The number of nitrogens with one attached hydrogen (secondary N) is 3. The number of aromatic amines is 1. The molecule has 3 N–H and O–H groups in total. The van der Waals surface area contributed by atoms with E-state index in [2.05, 4.69) is 32.4 Å². The molecule has 0 aliphatic carbocycles. The van der Waals surface area contributed by atoms with Gasteiger partial charge in [-0.2, -0.15) is 5.10 Å². The van der Waals surface area contributed by atoms with Crippen LogP contribution >= 0.6 is 23.6 Å². The maximum Gasteiger partial charge on any atom is 0.248 e. The van der Waals surface area contributed by atoms with Crippen LogP contribution in [-0.4, -0.2) is 37.6 Å². The Kier molecular flexibility index (Phi) is 6.66. The Hall–Kier alpha value is -2.33. The van der Waals surface area contributed by atoms with E-state index in [0.29, 0.717) is 22.9 Å². The smallest absolute Gasteiger partial charge is 0.248 e. The number of carbonyl (C=O) groups excluding carboxylic acids is 2. The van der Waals surface area contributed by atoms with E-state index in [1.54, 1.807) is 33.8 Å². The molecule has 0 spiro atoms. The summed E-state index contributed by atoms with van der Waals surface area (Å²) in [4.78, 5) is 28.7. The first kappa shape index (κ1) is 21.0. The lowest BCUT2D eigenvalue weighted by Crippen LogP contribution is -2.46. The molecule has 27 heavy (non-hydrogen) atoms. The Morgan fingerprint density at radius 2 is 2.19 bits per heavy atom. The predicted octanol–water partition coefficient (Wildman–Crippen LogP) is 2.66. The van der Waals surface area contributed by atoms with Crippen LogP contribution in [0.4, 0.5) is 5.13 Å². The highest BCUT2D eigenvalue weighted by Gasteiger charge is 2.25. The lowest BCUT2D eigenvalue weighted by molar-refractivity contribution is -0.131. The van der Waals surface area contributed by atoms with Gasteiger partial charge in [0.2, 0.25) is 11.8 Å². The van der Waals surface area contributed by atoms with Crippen molar-refractivity contribution in [2.45, 2.75) is 46.7 Å². The molecule has 0 aliphatic heterocycles. The third-order valence-electron chi connectivity index (χ3n) is 3.69. The van der Waals surface area contributed by atoms with Crippen LogP contribution in [0.1, 0.15) is 39.2 Å². The number of H-pyrrole nitrogens is 1. The summed E-state index contributed by atoms with van der Waals surface area (Å²) in [6, 6.07) is -0.659. The fourth-order valence-electron chi connectivity index (χ4n) is 2.10. The molecular weight excluding hydrogens is 384 g/mol. The molecule has 0 unspecified atom stereocenters. The molecule has 2 amide bonds. The van der Waals surface area contributed by atoms with Crippen molar-refractivity contribution in [3.8, 4) is 0 Å². The van der Waals surface area contributed by atoms with E-state index in [-0.39, 0.29) is 11.8 Å². The van der Waals surface area contributed by atoms with Crippen LogP contribution < -0.4 is 10.6 Å². The van der Waals surface area contributed by atoms with Crippen molar-refractivity contribution >= 4 is 40.5 Å². The first-order valence-corrected chi connectivity index (χ1v) is 9.71. The number of hydrogen-bond donors (Lipinski definition) is 3. The quantitative estimate of drug-likeness (QED) is 0.483. The van der Waals surface area contributed by atoms with E-state index in [9.17, 15) is 9.59 Å². The summed E-state index contributed by atoms with van der Waals surface area (Å²) in [6.07, 6.45) is 2.22. The lowest BCUT2D eigenvalue weighted by Gasteiger charge is -2.21. The van der Waals surface area contributed by atoms with Crippen LogP contribution in [0.15, 0.2) is 18.0 Å². The van der Waals surface area contributed by atoms with E-state index >= 15 is 0 Å². The molecule has 2 aromatic heterocycles. The number of amides is 2. The fourth-order valence-corrected chi connectivity index (χ4v) is 3.04. The number of allylic oxidation sites excluding steroid dienone is 1. The molecule has 2 heterocycles. The van der Waals surface area contributed by atoms with Crippen molar-refractivity contribution in [2.24, 2.45) is 5.41 Å². The summed E-state index contributed by atoms with van der Waals surface area (Å²) >= 11 is 6.51. The van der Waals surface area contributed by atoms with Crippen molar-refractivity contribution in [1.82, 2.24) is 25.1 Å². The fraction of sp³-hybridized carbons (Fsp3) is 0.471. The number of anilines is 1. The summed E-state index contributed by atoms with van der Waals surface area (Å²) in [5.74, 6) is 0.242. The number of hydrogen-bond acceptors (Lipinski definition) is 6. The average molecular weight is 409 g/mol. The standard InChI is InChI=1S/C17H24N6O2S2/c1-6-7-23-12(21-22-16(23)26)8-11-9-27-15(19-11)20-13(24)10(2)18-14(25)17(3,4)5/h6,9-10H,1,7-8H2,2-5H3,(H,18,25)(H,22,26)(H,19,20,24)/t10-/m1/s1. The van der Waals surface area contributed by atoms with Crippen LogP contribution in [0, 0.1) is 10.2 Å². The number of nitrogens with zero attached hydrogens (tertiary/aromatic N) is 3. The van der Waals surface area contributed by atoms with Crippen LogP contribution in [0.2, 0.25) is 0 Å². The summed E-state index contributed by atoms with van der Waals surface area (Å²) in [5, 5.41) is 14.7. The molecule has 2 aromatic rings. The largest absolute Gasteiger partial charge is 0.344 e. The third kappa shape index (κ3) is 5.57. The molecule has 2 rings (SSSR count). The molecule has 0 radical (unpaired) electrons. The molecule has 1 atom stereocenters. The van der Waals surface area contributed by atoms with Gasteiger partial charge in [-0.1, -0.05) is 26.8 Å². The van der Waals surface area contributed by atoms with Crippen molar-refractivity contribution in [3.05, 3.63) is 34.3 Å². The highest BCUT2D eigenvalue weighted by Crippen LogP contribution is 2.18. The topological polar surface area (TPSA) is 105 Å². The van der Waals surface area contributed by atoms with Crippen LogP contribution in [-0.2, 0) is 22.6 Å². The van der Waals surface area contributed by atoms with Gasteiger partial charge in [0, 0.05) is 17.3 Å². The predicted molar refractivity (Wildman–Crippen MR) is 108 cm³/mol. The van der Waals surface area contributed by atoms with Crippen molar-refractivity contribution in [3.63, 3.8) is 0 Å². The molecule has 8 nitrogen and oxygen atoms in total. The van der Waals surface area contributed by atoms with Gasteiger partial charge >= 0.3 is 0 Å². The zero-order valence-corrected chi connectivity index (χ0v) is 17.5. The maximum absolute atomic E-state index is 12.3. The van der Waals surface area contributed by atoms with Crippen molar-refractivity contribution in [2.75, 3.05) is 5.32 Å². The molecule has 0 fully saturated rings. The Morgan fingerprint density at radius 1 is 1.48 bits per heavy atom. The van der Waals surface area contributed by atoms with E-state index in [4.69, 9.17) is 12.2 Å². The minimum absolute atomic E-state index is 0.185. The van der Waals surface area contributed by atoms with Crippen LogP contribution in [0.3, 0.4) is 0 Å². The van der Waals surface area contributed by atoms with Crippen molar-refractivity contribution < 1.29 is 9.59 Å². The zero-order chi connectivity index (χ0) is 20.2. The van der Waals surface area contributed by atoms with Gasteiger partial charge < -0.3 is 10.6 Å². The second kappa shape index (κ2) is 8.57. The Bertz CT molecular complexity index is 890. The Labute approximate surface area is 167 Å². The van der Waals surface area contributed by atoms with E-state index in [1.807, 2.05) is 9.95 Å². The second-order valence-corrected chi connectivity index (χ2v) is 8.34. The van der Waals surface area contributed by atoms with Gasteiger partial charge in [-0.05, 0) is 19.1 Å². The van der Waals surface area contributed by atoms with Gasteiger partial charge in [-0.3, -0.25) is 19.3 Å². The first-order chi connectivity index (χ1) is 12.6. The first-order valence-electron chi connectivity index (χ1n) is 8.43. The Morgan fingerprint density at radius 3 is 2.81 bits per heavy atom. The van der Waals surface area contributed by atoms with Gasteiger partial charge in [0.05, 0.1) is 12.1 Å². The molecule has 0 aliphatic rings. The third-order valence-corrected chi connectivity index (χ3v) is 4.81. The average Bonchev–Trinajstić information content (AvgIpc) is 3.15. The van der Waals surface area contributed by atoms with Crippen molar-refractivity contribution in [1.29, 1.82) is 0 Å². The monoisotopic (exact) mass is 408 g/mol. The lowest BCUT2D eigenvalue weighted by atomic mass is 9.95. The minimum atomic E-state index is -0.659. The van der Waals surface area contributed by atoms with E-state index < -0.39 is 11.5 Å². The molecule has 10 heteroatoms. The molecule has 146 valence electrons. The van der Waals surface area contributed by atoms with E-state index in [0.717, 1.165) is 11.5 Å². The maximum atomic E-state index is 12.3.